The van der Waals surface area contributed by atoms with Crippen molar-refractivity contribution in [3.8, 4) is 28.4 Å². The summed E-state index contributed by atoms with van der Waals surface area (Å²) < 4.78 is 10.8. The lowest BCUT2D eigenvalue weighted by atomic mass is 9.84. The third-order valence-corrected chi connectivity index (χ3v) is 14.1. The van der Waals surface area contributed by atoms with E-state index in [0.717, 1.165) is 28.4 Å². The molecule has 0 saturated carbocycles. The minimum absolute atomic E-state index is 0.00435. The number of pyridine rings is 1. The summed E-state index contributed by atoms with van der Waals surface area (Å²) in [5.74, 6) is 3.17. The van der Waals surface area contributed by atoms with Crippen LogP contribution in [0.5, 0.6) is 11.5 Å². The molecule has 0 spiro atoms. The average molecular weight is 858 g/mol. The van der Waals surface area contributed by atoms with Crippen molar-refractivity contribution in [1.82, 2.24) is 18.7 Å². The molecule has 65 heavy (non-hydrogen) atoms. The fourth-order valence-electron chi connectivity index (χ4n) is 10.4. The van der Waals surface area contributed by atoms with E-state index in [1.807, 2.05) is 6.20 Å². The van der Waals surface area contributed by atoms with Crippen molar-refractivity contribution in [3.63, 3.8) is 0 Å². The molecule has 1 unspecified atom stereocenters. The summed E-state index contributed by atoms with van der Waals surface area (Å²) >= 11 is 0. The number of fused-ring (bicyclic) bond motifs is 7. The molecule has 0 radical (unpaired) electrons. The second-order valence-electron chi connectivity index (χ2n) is 22.4. The summed E-state index contributed by atoms with van der Waals surface area (Å²) in [6.07, 6.45) is 1.94. The monoisotopic (exact) mass is 858 g/mol. The highest BCUT2D eigenvalue weighted by Gasteiger charge is 2.78. The Hall–Kier alpha value is -6.01. The van der Waals surface area contributed by atoms with Crippen LogP contribution in [-0.2, 0) is 16.2 Å². The Balaban J connectivity index is 1.20. The van der Waals surface area contributed by atoms with Gasteiger partial charge in [-0.1, -0.05) is 145 Å². The molecule has 2 aliphatic heterocycles. The van der Waals surface area contributed by atoms with Gasteiger partial charge in [-0.2, -0.15) is 9.18 Å². The number of ether oxygens (including phenoxy) is 1. The standard InChI is InChI=1S/C60H65N4O/c1-38(2)48-21-17-22-49(39(3)4)57(48)40-30-45(64-37-63(64,44-19-16-18-41(32-44)58(5,6)7)54-27-24-42(33-55(54)64)59(8,9)10)35-47(31-40)65-46-25-26-51-50-20-14-15-23-52(50)62(53(51)36-46)56-34-43(28-29-61-56)60(11,12)13/h14-39H,1-13H3/q+1/t63-,64?/m0/s1. The summed E-state index contributed by atoms with van der Waals surface area (Å²) in [6.45, 7) is 32.4. The number of para-hydroxylation sites is 1. The van der Waals surface area contributed by atoms with E-state index in [-0.39, 0.29) is 16.2 Å². The molecule has 0 aliphatic carbocycles. The molecule has 5 nitrogen and oxygen atoms in total. The van der Waals surface area contributed by atoms with E-state index < -0.39 is 0 Å². The van der Waals surface area contributed by atoms with Crippen LogP contribution in [0.1, 0.15) is 130 Å². The number of nitrogens with zero attached hydrogens (tertiary/aromatic N) is 4. The third kappa shape index (κ3) is 6.76. The molecule has 1 fully saturated rings. The van der Waals surface area contributed by atoms with Gasteiger partial charge in [0.2, 0.25) is 11.4 Å². The Labute approximate surface area is 387 Å². The van der Waals surface area contributed by atoms with Crippen molar-refractivity contribution < 1.29 is 4.74 Å². The molecule has 1 saturated heterocycles. The maximum absolute atomic E-state index is 7.24. The van der Waals surface area contributed by atoms with Gasteiger partial charge < -0.3 is 4.74 Å². The predicted octanol–water partition coefficient (Wildman–Crippen LogP) is 17.1. The van der Waals surface area contributed by atoms with Crippen LogP contribution in [0.25, 0.3) is 38.8 Å². The van der Waals surface area contributed by atoms with Gasteiger partial charge in [0.15, 0.2) is 18.0 Å². The Morgan fingerprint density at radius 2 is 1.14 bits per heavy atom. The SMILES string of the molecule is CC(C)c1cccc(C(C)C)c1-c1cc(Oc2ccc3c4ccccc4n(-c4cc(C(C)(C)C)ccn4)c3c2)cc([N+]23[CH-][N@+]2(c2cccc(C(C)(C)C)c2)c2ccc(C(C)(C)C)cc23)c1. The van der Waals surface area contributed by atoms with E-state index in [0.29, 0.717) is 21.0 Å². The molecule has 8 aromatic rings. The zero-order valence-corrected chi connectivity index (χ0v) is 40.7. The van der Waals surface area contributed by atoms with Crippen LogP contribution < -0.4 is 13.9 Å². The van der Waals surface area contributed by atoms with Crippen LogP contribution in [0.3, 0.4) is 0 Å². The van der Waals surface area contributed by atoms with Gasteiger partial charge in [-0.25, -0.2) is 4.98 Å². The van der Waals surface area contributed by atoms with Crippen molar-refractivity contribution >= 4 is 44.6 Å². The van der Waals surface area contributed by atoms with Gasteiger partial charge in [0.05, 0.1) is 11.0 Å². The van der Waals surface area contributed by atoms with Crippen LogP contribution in [0.2, 0.25) is 0 Å². The summed E-state index contributed by atoms with van der Waals surface area (Å²) in [4.78, 5) is 4.96. The molecular weight excluding hydrogens is 793 g/mol. The fraction of sp³-hybridized carbons (Fsp3) is 0.300. The van der Waals surface area contributed by atoms with Crippen LogP contribution >= 0.6 is 0 Å². The molecule has 4 heterocycles. The zero-order chi connectivity index (χ0) is 46.0. The van der Waals surface area contributed by atoms with Gasteiger partial charge in [-0.15, -0.1) is 0 Å². The smallest absolute Gasteiger partial charge is 0.225 e. The molecule has 330 valence electrons. The minimum Gasteiger partial charge on any atom is -0.457 e. The van der Waals surface area contributed by atoms with Crippen molar-refractivity contribution in [2.45, 2.75) is 118 Å². The van der Waals surface area contributed by atoms with Gasteiger partial charge in [-0.3, -0.25) is 4.57 Å². The minimum atomic E-state index is -0.0188. The maximum atomic E-state index is 7.24. The van der Waals surface area contributed by atoms with E-state index in [2.05, 4.69) is 235 Å². The highest BCUT2D eigenvalue weighted by molar-refractivity contribution is 6.09. The molecule has 5 heteroatoms. The Bertz CT molecular complexity index is 3160. The van der Waals surface area contributed by atoms with E-state index in [1.165, 1.54) is 72.5 Å². The number of benzene rings is 6. The first kappa shape index (κ1) is 42.9. The summed E-state index contributed by atoms with van der Waals surface area (Å²) in [6, 6.07) is 50.0. The number of aromatic nitrogens is 2. The first-order chi connectivity index (χ1) is 30.7. The first-order valence-electron chi connectivity index (χ1n) is 23.6. The van der Waals surface area contributed by atoms with Crippen LogP contribution in [0, 0.1) is 6.67 Å². The molecule has 0 amide bonds. The molecule has 0 bridgehead atoms. The van der Waals surface area contributed by atoms with Crippen LogP contribution in [0.15, 0.2) is 140 Å². The Morgan fingerprint density at radius 3 is 1.83 bits per heavy atom. The normalized spacial score (nSPS) is 18.3. The van der Waals surface area contributed by atoms with E-state index >= 15 is 0 Å². The lowest BCUT2D eigenvalue weighted by Gasteiger charge is -2.41. The van der Waals surface area contributed by atoms with Crippen LogP contribution in [0.4, 0.5) is 22.7 Å². The molecule has 2 aromatic heterocycles. The van der Waals surface area contributed by atoms with Crippen LogP contribution in [-0.4, -0.2) is 9.55 Å². The van der Waals surface area contributed by atoms with Gasteiger partial charge in [0.1, 0.15) is 17.3 Å². The highest BCUT2D eigenvalue weighted by atomic mass is 16.5. The predicted molar refractivity (Wildman–Crippen MR) is 275 cm³/mol. The Kier molecular flexibility index (Phi) is 9.74. The lowest BCUT2D eigenvalue weighted by Crippen LogP contribution is -2.46. The number of hydrogen-bond donors (Lipinski definition) is 0. The molecule has 2 aliphatic rings. The van der Waals surface area contributed by atoms with Crippen molar-refractivity contribution in [3.05, 3.63) is 174 Å². The largest absolute Gasteiger partial charge is 0.457 e. The number of rotatable bonds is 8. The zero-order valence-electron chi connectivity index (χ0n) is 40.7. The van der Waals surface area contributed by atoms with E-state index in [1.54, 1.807) is 0 Å². The van der Waals surface area contributed by atoms with Crippen molar-refractivity contribution in [1.29, 1.82) is 0 Å². The van der Waals surface area contributed by atoms with E-state index in [4.69, 9.17) is 9.72 Å². The first-order valence-corrected chi connectivity index (χ1v) is 23.6. The summed E-state index contributed by atoms with van der Waals surface area (Å²) in [5.41, 5.74) is 16.4. The second-order valence-corrected chi connectivity index (χ2v) is 22.4. The number of quaternary nitrogens is 2. The van der Waals surface area contributed by atoms with Crippen molar-refractivity contribution in [2.24, 2.45) is 0 Å². The highest BCUT2D eigenvalue weighted by Crippen LogP contribution is 2.76. The fourth-order valence-corrected chi connectivity index (χ4v) is 10.4. The van der Waals surface area contributed by atoms with Gasteiger partial charge in [0, 0.05) is 59.4 Å². The third-order valence-electron chi connectivity index (χ3n) is 14.1. The quantitative estimate of drug-likeness (QED) is 0.0865. The number of hydrogen-bond acceptors (Lipinski definition) is 2. The molecule has 6 aromatic carbocycles. The van der Waals surface area contributed by atoms with Gasteiger partial charge in [-0.05, 0) is 103 Å². The lowest BCUT2D eigenvalue weighted by molar-refractivity contribution is 0.421. The van der Waals surface area contributed by atoms with Gasteiger partial charge >= 0.3 is 0 Å². The Morgan fingerprint density at radius 1 is 0.508 bits per heavy atom. The van der Waals surface area contributed by atoms with Crippen molar-refractivity contribution in [2.75, 3.05) is 0 Å². The summed E-state index contributed by atoms with van der Waals surface area (Å²) in [7, 11) is 0. The summed E-state index contributed by atoms with van der Waals surface area (Å²) in [5, 5.41) is 2.36. The molecule has 0 N–H and O–H groups in total. The topological polar surface area (TPSA) is 27.1 Å². The molecule has 2 atom stereocenters. The van der Waals surface area contributed by atoms with E-state index in [9.17, 15) is 0 Å². The average Bonchev–Trinajstić information content (AvgIpc) is 3.75. The second kappa shape index (κ2) is 14.8. The maximum Gasteiger partial charge on any atom is 0.225 e. The molecular formula is C60H65N4O+. The molecule has 10 rings (SSSR count). The van der Waals surface area contributed by atoms with Gasteiger partial charge in [0.25, 0.3) is 0 Å².